The minimum atomic E-state index is -0.500. The van der Waals surface area contributed by atoms with Gasteiger partial charge in [-0.15, -0.1) is 0 Å². The van der Waals surface area contributed by atoms with E-state index >= 15 is 0 Å². The van der Waals surface area contributed by atoms with Gasteiger partial charge in [0.15, 0.2) is 0 Å². The molecule has 3 nitrogen and oxygen atoms in total. The Labute approximate surface area is 124 Å². The molecule has 17 heavy (non-hydrogen) atoms. The molecule has 0 atom stereocenters. The molecule has 0 aromatic carbocycles. The predicted octanol–water partition coefficient (Wildman–Crippen LogP) is 2.78. The van der Waals surface area contributed by atoms with E-state index in [9.17, 15) is 0 Å². The van der Waals surface area contributed by atoms with Gasteiger partial charge in [-0.25, -0.2) is 0 Å². The zero-order valence-corrected chi connectivity index (χ0v) is 14.9. The van der Waals surface area contributed by atoms with Gasteiger partial charge in [0, 0.05) is 21.7 Å². The first-order chi connectivity index (χ1) is 6.00. The number of hydrogen-bond acceptors (Lipinski definition) is 3. The molecule has 0 heterocycles. The van der Waals surface area contributed by atoms with E-state index in [1.165, 1.54) is 0 Å². The van der Waals surface area contributed by atoms with Crippen molar-refractivity contribution in [1.82, 2.24) is 0 Å². The van der Waals surface area contributed by atoms with Crippen LogP contribution in [0.2, 0.25) is 0 Å². The molecule has 0 bridgehead atoms. The van der Waals surface area contributed by atoms with Crippen LogP contribution in [-0.2, 0) is 21.7 Å². The molecule has 0 aliphatic rings. The van der Waals surface area contributed by atoms with Crippen LogP contribution >= 0.6 is 0 Å². The Kier molecular flexibility index (Phi) is 21.0. The maximum atomic E-state index is 8.52. The first-order valence-corrected chi connectivity index (χ1v) is 5.17. The van der Waals surface area contributed by atoms with Crippen molar-refractivity contribution in [3.05, 3.63) is 7.43 Å². The van der Waals surface area contributed by atoms with Crippen LogP contribution in [0, 0.1) is 7.43 Å². The second-order valence-electron chi connectivity index (χ2n) is 6.51. The van der Waals surface area contributed by atoms with Crippen LogP contribution in [0.15, 0.2) is 0 Å². The Morgan fingerprint density at radius 3 is 0.471 bits per heavy atom. The number of rotatable bonds is 0. The Hall–Kier alpha value is 0.594. The smallest absolute Gasteiger partial charge is 0.0563 e. The second-order valence-corrected chi connectivity index (χ2v) is 6.51. The molecule has 0 spiro atoms. The molecule has 0 amide bonds. The van der Waals surface area contributed by atoms with E-state index in [-0.39, 0.29) is 29.1 Å². The molecular formula is C13H33O3Ti-. The molecule has 108 valence electrons. The summed E-state index contributed by atoms with van der Waals surface area (Å²) in [5.41, 5.74) is -1.50. The summed E-state index contributed by atoms with van der Waals surface area (Å²) in [6.07, 6.45) is 0. The molecule has 0 unspecified atom stereocenters. The molecule has 0 radical (unpaired) electrons. The molecule has 4 heteroatoms. The summed E-state index contributed by atoms with van der Waals surface area (Å²) in [6, 6.07) is 0. The van der Waals surface area contributed by atoms with Crippen molar-refractivity contribution in [3.63, 3.8) is 0 Å². The summed E-state index contributed by atoms with van der Waals surface area (Å²) in [4.78, 5) is 0. The maximum absolute atomic E-state index is 8.52. The summed E-state index contributed by atoms with van der Waals surface area (Å²) in [5.74, 6) is 0. The maximum Gasteiger partial charge on any atom is 0.0563 e. The minimum absolute atomic E-state index is 0. The van der Waals surface area contributed by atoms with E-state index in [4.69, 9.17) is 15.3 Å². The van der Waals surface area contributed by atoms with Crippen LogP contribution < -0.4 is 0 Å². The molecule has 0 saturated heterocycles. The van der Waals surface area contributed by atoms with Crippen molar-refractivity contribution in [3.8, 4) is 0 Å². The second kappa shape index (κ2) is 11.7. The predicted molar refractivity (Wildman–Crippen MR) is 72.3 cm³/mol. The van der Waals surface area contributed by atoms with E-state index in [0.717, 1.165) is 0 Å². The molecule has 0 fully saturated rings. The average Bonchev–Trinajstić information content (AvgIpc) is 1.41. The molecule has 0 aliphatic heterocycles. The van der Waals surface area contributed by atoms with Crippen LogP contribution in [-0.4, -0.2) is 32.1 Å². The summed E-state index contributed by atoms with van der Waals surface area (Å²) in [6.45, 7) is 15.7. The Morgan fingerprint density at radius 2 is 0.471 bits per heavy atom. The molecule has 3 N–H and O–H groups in total. The normalized spacial score (nSPS) is 10.6. The Morgan fingerprint density at radius 1 is 0.471 bits per heavy atom. The van der Waals surface area contributed by atoms with Crippen molar-refractivity contribution in [2.75, 3.05) is 0 Å². The topological polar surface area (TPSA) is 60.7 Å². The van der Waals surface area contributed by atoms with Crippen molar-refractivity contribution >= 4 is 0 Å². The summed E-state index contributed by atoms with van der Waals surface area (Å²) < 4.78 is 0. The van der Waals surface area contributed by atoms with Gasteiger partial charge in [0.25, 0.3) is 0 Å². The number of hydrogen-bond donors (Lipinski definition) is 3. The van der Waals surface area contributed by atoms with Crippen molar-refractivity contribution in [2.24, 2.45) is 0 Å². The molecule has 0 aliphatic carbocycles. The molecule has 0 aromatic rings. The first kappa shape index (κ1) is 30.5. The minimum Gasteiger partial charge on any atom is -0.391 e. The third kappa shape index (κ3) is 10000. The van der Waals surface area contributed by atoms with Gasteiger partial charge in [0.1, 0.15) is 0 Å². The van der Waals surface area contributed by atoms with E-state index in [2.05, 4.69) is 0 Å². The van der Waals surface area contributed by atoms with Gasteiger partial charge in [0.05, 0.1) is 16.8 Å². The van der Waals surface area contributed by atoms with Crippen molar-refractivity contribution in [1.29, 1.82) is 0 Å². The summed E-state index contributed by atoms with van der Waals surface area (Å²) >= 11 is 0. The third-order valence-corrected chi connectivity index (χ3v) is 0. The largest absolute Gasteiger partial charge is 0.391 e. The fourth-order valence-corrected chi connectivity index (χ4v) is 0. The molecule has 0 rings (SSSR count). The monoisotopic (exact) mass is 285 g/mol. The fraction of sp³-hybridized carbons (Fsp3) is 0.923. The van der Waals surface area contributed by atoms with Gasteiger partial charge in [-0.3, -0.25) is 0 Å². The van der Waals surface area contributed by atoms with Crippen LogP contribution in [0.5, 0.6) is 0 Å². The van der Waals surface area contributed by atoms with Crippen LogP contribution in [0.4, 0.5) is 0 Å². The van der Waals surface area contributed by atoms with E-state index < -0.39 is 16.8 Å². The first-order valence-electron chi connectivity index (χ1n) is 5.17. The SMILES string of the molecule is CC(C)(C)O.CC(C)(C)O.CC(C)(C)O.[CH3-].[Ti]. The van der Waals surface area contributed by atoms with E-state index in [1.54, 1.807) is 62.3 Å². The summed E-state index contributed by atoms with van der Waals surface area (Å²) in [5, 5.41) is 25.6. The van der Waals surface area contributed by atoms with Crippen LogP contribution in [0.3, 0.4) is 0 Å². The van der Waals surface area contributed by atoms with Crippen LogP contribution in [0.1, 0.15) is 62.3 Å². The number of aliphatic hydroxyl groups is 3. The fourth-order valence-electron chi connectivity index (χ4n) is 0. The van der Waals surface area contributed by atoms with Gasteiger partial charge >= 0.3 is 0 Å². The van der Waals surface area contributed by atoms with Gasteiger partial charge in [-0.05, 0) is 62.3 Å². The zero-order chi connectivity index (χ0) is 13.5. The molecule has 0 saturated carbocycles. The Bertz CT molecular complexity index is 91.7. The third-order valence-electron chi connectivity index (χ3n) is 0. The van der Waals surface area contributed by atoms with Gasteiger partial charge in [-0.1, -0.05) is 0 Å². The van der Waals surface area contributed by atoms with Crippen LogP contribution in [0.25, 0.3) is 0 Å². The van der Waals surface area contributed by atoms with Crippen molar-refractivity contribution < 1.29 is 37.0 Å². The van der Waals surface area contributed by atoms with E-state index in [0.29, 0.717) is 0 Å². The summed E-state index contributed by atoms with van der Waals surface area (Å²) in [7, 11) is 0. The van der Waals surface area contributed by atoms with E-state index in [1.807, 2.05) is 0 Å². The molecular weight excluding hydrogens is 252 g/mol. The van der Waals surface area contributed by atoms with Gasteiger partial charge in [-0.2, -0.15) is 0 Å². The van der Waals surface area contributed by atoms with Crippen molar-refractivity contribution in [2.45, 2.75) is 79.1 Å². The standard InChI is InChI=1S/3C4H10O.CH3.Ti/c3*1-4(2,3)5;;/h3*5H,1-3H3;1H3;/q;;;-1;. The quantitative estimate of drug-likeness (QED) is 0.474. The van der Waals surface area contributed by atoms with Gasteiger partial charge < -0.3 is 22.7 Å². The van der Waals surface area contributed by atoms with Gasteiger partial charge in [0.2, 0.25) is 0 Å². The zero-order valence-electron chi connectivity index (χ0n) is 13.3. The Balaban J connectivity index is -0.0000000400. The average molecular weight is 285 g/mol. The molecule has 0 aromatic heterocycles.